The molecule has 2 aliphatic heterocycles. The van der Waals surface area contributed by atoms with Crippen LogP contribution in [0.4, 0.5) is 32.5 Å². The van der Waals surface area contributed by atoms with E-state index < -0.39 is 36.0 Å². The molecule has 11 N–H and O–H groups in total. The molecule has 434 valence electrons. The highest BCUT2D eigenvalue weighted by Gasteiger charge is 2.30. The highest BCUT2D eigenvalue weighted by Crippen LogP contribution is 2.30. The maximum absolute atomic E-state index is 13.6. The van der Waals surface area contributed by atoms with Gasteiger partial charge in [-0.2, -0.15) is 0 Å². The summed E-state index contributed by atoms with van der Waals surface area (Å²) >= 11 is 0. The summed E-state index contributed by atoms with van der Waals surface area (Å²) in [7, 11) is 0. The molecule has 1 fully saturated rings. The number of urea groups is 1. The van der Waals surface area contributed by atoms with Crippen LogP contribution in [0.2, 0.25) is 0 Å². The van der Waals surface area contributed by atoms with Crippen LogP contribution >= 0.6 is 0 Å². The fourth-order valence-corrected chi connectivity index (χ4v) is 9.26. The Labute approximate surface area is 469 Å². The van der Waals surface area contributed by atoms with Crippen LogP contribution in [0.3, 0.4) is 0 Å². The molecule has 0 spiro atoms. The molecule has 0 radical (unpaired) electrons. The zero-order valence-corrected chi connectivity index (χ0v) is 47.1. The van der Waals surface area contributed by atoms with Gasteiger partial charge in [-0.3, -0.25) is 28.8 Å². The Bertz CT molecular complexity index is 2630. The highest BCUT2D eigenvalue weighted by atomic mass is 16.5. The molecule has 0 saturated carbocycles. The topological polar surface area (TPSA) is 314 Å². The van der Waals surface area contributed by atoms with Crippen molar-refractivity contribution in [3.8, 4) is 0 Å². The van der Waals surface area contributed by atoms with Gasteiger partial charge in [-0.05, 0) is 105 Å². The molecule has 22 nitrogen and oxygen atoms in total. The van der Waals surface area contributed by atoms with Crippen molar-refractivity contribution in [1.29, 1.82) is 0 Å². The van der Waals surface area contributed by atoms with E-state index in [1.54, 1.807) is 54.7 Å². The number of fused-ring (bicyclic) bond motifs is 1. The SMILES string of the molecule is CCCCCCC(=O)N[C@H](C(=O)N[C@@H](CCCCNC(N)=O)C(=O)Nc1ccc(COC(=O)NCCNC(=O)C2CCN(c3ccc(NC(=O)c4ccc5c(c4)N=C(N)CC(C(=O)N(CCC)CCC)=C5)cn3)CC2)cc1)C(C)C. The zero-order valence-electron chi connectivity index (χ0n) is 47.1. The lowest BCUT2D eigenvalue weighted by atomic mass is 9.96. The Morgan fingerprint density at radius 1 is 0.762 bits per heavy atom. The molecule has 9 amide bonds. The van der Waals surface area contributed by atoms with Gasteiger partial charge in [0.25, 0.3) is 5.91 Å². The Morgan fingerprint density at radius 2 is 1.48 bits per heavy atom. The van der Waals surface area contributed by atoms with E-state index in [0.717, 1.165) is 44.3 Å². The predicted octanol–water partition coefficient (Wildman–Crippen LogP) is 6.39. The largest absolute Gasteiger partial charge is 0.445 e. The Morgan fingerprint density at radius 3 is 2.14 bits per heavy atom. The lowest BCUT2D eigenvalue weighted by molar-refractivity contribution is -0.132. The number of nitrogens with one attached hydrogen (secondary N) is 7. The summed E-state index contributed by atoms with van der Waals surface area (Å²) < 4.78 is 5.37. The first-order valence-electron chi connectivity index (χ1n) is 28.2. The second kappa shape index (κ2) is 32.8. The molecular formula is C58H83N13O9. The average molecular weight is 1110 g/mol. The number of pyridine rings is 1. The maximum Gasteiger partial charge on any atom is 0.407 e. The van der Waals surface area contributed by atoms with Crippen molar-refractivity contribution in [1.82, 2.24) is 36.5 Å². The van der Waals surface area contributed by atoms with Crippen LogP contribution in [0, 0.1) is 11.8 Å². The minimum Gasteiger partial charge on any atom is -0.445 e. The van der Waals surface area contributed by atoms with Crippen molar-refractivity contribution < 1.29 is 43.1 Å². The normalized spacial score (nSPS) is 13.9. The second-order valence-corrected chi connectivity index (χ2v) is 20.6. The molecule has 3 heterocycles. The number of anilines is 3. The van der Waals surface area contributed by atoms with Crippen molar-refractivity contribution in [3.63, 3.8) is 0 Å². The Balaban J connectivity index is 1.01. The van der Waals surface area contributed by atoms with E-state index in [1.807, 2.05) is 44.7 Å². The molecule has 2 aromatic carbocycles. The first-order valence-corrected chi connectivity index (χ1v) is 28.2. The van der Waals surface area contributed by atoms with Crippen LogP contribution in [-0.4, -0.2) is 121 Å². The number of rotatable bonds is 30. The Hall–Kier alpha value is -8.04. The van der Waals surface area contributed by atoms with E-state index in [1.165, 1.54) is 0 Å². The number of aliphatic imine (C=N–C) groups is 1. The third-order valence-corrected chi connectivity index (χ3v) is 13.7. The van der Waals surface area contributed by atoms with Crippen molar-refractivity contribution in [2.24, 2.45) is 28.3 Å². The van der Waals surface area contributed by atoms with Gasteiger partial charge in [0.15, 0.2) is 0 Å². The van der Waals surface area contributed by atoms with Crippen LogP contribution in [0.1, 0.15) is 140 Å². The fraction of sp³-hybridized carbons (Fsp3) is 0.517. The molecule has 3 aromatic rings. The lowest BCUT2D eigenvalue weighted by Crippen LogP contribution is -2.54. The van der Waals surface area contributed by atoms with Crippen molar-refractivity contribution >= 4 is 82.4 Å². The number of alkyl carbamates (subject to hydrolysis) is 1. The number of hydrogen-bond donors (Lipinski definition) is 9. The molecule has 0 aliphatic carbocycles. The number of amides is 9. The van der Waals surface area contributed by atoms with Gasteiger partial charge in [-0.25, -0.2) is 19.6 Å². The summed E-state index contributed by atoms with van der Waals surface area (Å²) in [6.07, 6.45) is 11.1. The van der Waals surface area contributed by atoms with Crippen LogP contribution in [0.25, 0.3) is 6.08 Å². The van der Waals surface area contributed by atoms with Crippen LogP contribution in [0.15, 0.2) is 71.4 Å². The van der Waals surface area contributed by atoms with Crippen LogP contribution < -0.4 is 53.6 Å². The smallest absolute Gasteiger partial charge is 0.407 e. The van der Waals surface area contributed by atoms with Crippen LogP contribution in [0.5, 0.6) is 0 Å². The highest BCUT2D eigenvalue weighted by molar-refractivity contribution is 6.08. The van der Waals surface area contributed by atoms with Gasteiger partial charge in [0.1, 0.15) is 30.3 Å². The number of piperidine rings is 1. The number of hydrogen-bond acceptors (Lipinski definition) is 13. The van der Waals surface area contributed by atoms with Gasteiger partial charge in [0.05, 0.1) is 17.6 Å². The van der Waals surface area contributed by atoms with Gasteiger partial charge in [0.2, 0.25) is 29.5 Å². The quantitative estimate of drug-likeness (QED) is 0.0328. The molecule has 0 bridgehead atoms. The predicted molar refractivity (Wildman–Crippen MR) is 310 cm³/mol. The summed E-state index contributed by atoms with van der Waals surface area (Å²) in [4.78, 5) is 116. The monoisotopic (exact) mass is 1110 g/mol. The number of carbonyl (C=O) groups is 8. The molecule has 1 saturated heterocycles. The molecule has 0 unspecified atom stereocenters. The molecule has 80 heavy (non-hydrogen) atoms. The first-order chi connectivity index (χ1) is 38.5. The third-order valence-electron chi connectivity index (χ3n) is 13.7. The number of carbonyl (C=O) groups excluding carboxylic acids is 8. The number of nitrogens with zero attached hydrogens (tertiary/aromatic N) is 4. The first kappa shape index (κ1) is 62.8. The van der Waals surface area contributed by atoms with Crippen LogP contribution in [-0.2, 0) is 35.3 Å². The minimum atomic E-state index is -0.945. The number of unbranched alkanes of at least 4 members (excludes halogenated alkanes) is 4. The molecule has 2 atom stereocenters. The van der Waals surface area contributed by atoms with Gasteiger partial charge < -0.3 is 63.2 Å². The molecule has 5 rings (SSSR count). The van der Waals surface area contributed by atoms with E-state index in [9.17, 15) is 38.4 Å². The molecule has 22 heteroatoms. The van der Waals surface area contributed by atoms with E-state index in [4.69, 9.17) is 16.2 Å². The van der Waals surface area contributed by atoms with Crippen molar-refractivity contribution in [2.45, 2.75) is 137 Å². The molecule has 2 aliphatic rings. The standard InChI is InChI=1S/C58H83N13O9/c1-6-9-10-11-15-50(72)69-51(38(4)5)55(76)68-46(14-12-13-26-62-57(60)78)54(75)65-44-20-16-39(17-21-44)37-80-58(79)63-28-27-61-52(73)40-24-31-70(32-25-40)49-23-22-45(36-64-49)66-53(74)42-19-18-41-33-43(35-48(59)67-47(41)34-42)56(77)71(29-7-2)30-8-3/h16-23,33-34,36,38,40,46,51H,6-15,24-32,35,37H2,1-5H3,(H2,59,67)(H,61,73)(H,63,79)(H,65,75)(H,66,74)(H,68,76)(H,69,72)(H3,60,62,78)/t46-,51-/m0/s1. The minimum absolute atomic E-state index is 0.0557. The van der Waals surface area contributed by atoms with E-state index >= 15 is 0 Å². The van der Waals surface area contributed by atoms with Gasteiger partial charge in [-0.15, -0.1) is 0 Å². The summed E-state index contributed by atoms with van der Waals surface area (Å²) in [6, 6.07) is 13.0. The summed E-state index contributed by atoms with van der Waals surface area (Å²) in [6.45, 7) is 12.9. The van der Waals surface area contributed by atoms with Gasteiger partial charge in [-0.1, -0.05) is 72.1 Å². The van der Waals surface area contributed by atoms with Crippen molar-refractivity contribution in [2.75, 3.05) is 61.3 Å². The summed E-state index contributed by atoms with van der Waals surface area (Å²) in [5.74, 6) is -1.11. The average Bonchev–Trinajstić information content (AvgIpc) is 3.61. The van der Waals surface area contributed by atoms with E-state index in [0.29, 0.717) is 110 Å². The number of benzene rings is 2. The lowest BCUT2D eigenvalue weighted by Gasteiger charge is -2.32. The molecule has 1 aromatic heterocycles. The molecular weight excluding hydrogens is 1020 g/mol. The zero-order chi connectivity index (χ0) is 58.0. The number of primary amides is 1. The number of amidine groups is 1. The van der Waals surface area contributed by atoms with E-state index in [-0.39, 0.29) is 68.0 Å². The fourth-order valence-electron chi connectivity index (χ4n) is 9.26. The number of nitrogens with two attached hydrogens (primary N) is 2. The van der Waals surface area contributed by atoms with E-state index in [2.05, 4.69) is 59.0 Å². The maximum atomic E-state index is 13.6. The Kier molecular flexibility index (Phi) is 25.7. The second-order valence-electron chi connectivity index (χ2n) is 20.6. The number of ether oxygens (including phenoxy) is 1. The van der Waals surface area contributed by atoms with Crippen molar-refractivity contribution in [3.05, 3.63) is 83.1 Å². The van der Waals surface area contributed by atoms with Gasteiger partial charge >= 0.3 is 12.1 Å². The van der Waals surface area contributed by atoms with Gasteiger partial charge in [0, 0.05) is 87.0 Å². The third kappa shape index (κ3) is 20.6. The number of aromatic nitrogens is 1. The summed E-state index contributed by atoms with van der Waals surface area (Å²) in [5, 5.41) is 19.5. The summed E-state index contributed by atoms with van der Waals surface area (Å²) in [5.41, 5.74) is 15.2.